The number of fused-ring (bicyclic) bond motifs is 1. The number of anilines is 1. The summed E-state index contributed by atoms with van der Waals surface area (Å²) in [5, 5.41) is 2.98. The van der Waals surface area contributed by atoms with E-state index in [-0.39, 0.29) is 24.8 Å². The number of carbonyl (C=O) groups is 2. The molecule has 5 nitrogen and oxygen atoms in total. The van der Waals surface area contributed by atoms with E-state index in [4.69, 9.17) is 5.73 Å². The maximum atomic E-state index is 12.8. The van der Waals surface area contributed by atoms with Gasteiger partial charge in [0.2, 0.25) is 5.91 Å². The highest BCUT2D eigenvalue weighted by Crippen LogP contribution is 2.27. The number of rotatable bonds is 8. The van der Waals surface area contributed by atoms with Crippen molar-refractivity contribution in [2.75, 3.05) is 11.4 Å². The molecule has 1 aliphatic heterocycles. The van der Waals surface area contributed by atoms with Crippen molar-refractivity contribution in [1.29, 1.82) is 0 Å². The molecule has 184 valence electrons. The van der Waals surface area contributed by atoms with E-state index in [9.17, 15) is 22.8 Å². The van der Waals surface area contributed by atoms with E-state index >= 15 is 0 Å². The minimum absolute atomic E-state index is 0.0614. The average molecular weight is 476 g/mol. The summed E-state index contributed by atoms with van der Waals surface area (Å²) >= 11 is 0. The molecule has 2 aromatic carbocycles. The molecule has 0 aromatic heterocycles. The van der Waals surface area contributed by atoms with Crippen molar-refractivity contribution in [3.63, 3.8) is 0 Å². The summed E-state index contributed by atoms with van der Waals surface area (Å²) in [6, 6.07) is 17.3. The molecule has 0 spiro atoms. The Bertz CT molecular complexity index is 955. The highest BCUT2D eigenvalue weighted by molar-refractivity contribution is 6.03. The Hall–Kier alpha value is -3.13. The van der Waals surface area contributed by atoms with Crippen molar-refractivity contribution in [2.45, 2.75) is 57.8 Å². The van der Waals surface area contributed by atoms with E-state index in [0.29, 0.717) is 19.4 Å². The van der Waals surface area contributed by atoms with E-state index in [0.717, 1.165) is 18.5 Å². The second-order valence-corrected chi connectivity index (χ2v) is 8.16. The molecule has 2 aromatic rings. The lowest BCUT2D eigenvalue weighted by atomic mass is 10.0. The predicted octanol–water partition coefficient (Wildman–Crippen LogP) is 4.56. The summed E-state index contributed by atoms with van der Waals surface area (Å²) in [6.07, 6.45) is 2.33. The summed E-state index contributed by atoms with van der Waals surface area (Å²) in [7, 11) is 0. The van der Waals surface area contributed by atoms with Gasteiger partial charge in [0.15, 0.2) is 0 Å². The van der Waals surface area contributed by atoms with Crippen LogP contribution in [0.2, 0.25) is 0 Å². The monoisotopic (exact) mass is 475 g/mol. The summed E-state index contributed by atoms with van der Waals surface area (Å²) in [5.41, 5.74) is 9.23. The average Bonchev–Trinajstić information content (AvgIpc) is 3.24. The number of halogens is 3. The lowest BCUT2D eigenvalue weighted by Gasteiger charge is -2.19. The zero-order valence-electron chi connectivity index (χ0n) is 19.5. The van der Waals surface area contributed by atoms with Gasteiger partial charge in [-0.1, -0.05) is 61.5 Å². The molecule has 3 rings (SSSR count). The Morgan fingerprint density at radius 1 is 1.12 bits per heavy atom. The zero-order chi connectivity index (χ0) is 25.1. The second kappa shape index (κ2) is 12.9. The molecule has 34 heavy (non-hydrogen) atoms. The van der Waals surface area contributed by atoms with Crippen LogP contribution < -0.4 is 16.0 Å². The summed E-state index contributed by atoms with van der Waals surface area (Å²) in [4.78, 5) is 26.9. The third kappa shape index (κ3) is 9.39. The fourth-order valence-electron chi connectivity index (χ4n) is 3.51. The topological polar surface area (TPSA) is 75.4 Å². The van der Waals surface area contributed by atoms with Crippen molar-refractivity contribution < 1.29 is 22.8 Å². The number of benzene rings is 2. The van der Waals surface area contributed by atoms with Crippen molar-refractivity contribution in [3.8, 4) is 0 Å². The number of amides is 2. The minimum Gasteiger partial charge on any atom is -0.349 e. The molecule has 1 heterocycles. The number of nitrogens with one attached hydrogen (secondary N) is 1. The van der Waals surface area contributed by atoms with Gasteiger partial charge >= 0.3 is 6.18 Å². The Morgan fingerprint density at radius 3 is 2.38 bits per heavy atom. The number of hydrogen-bond acceptors (Lipinski definition) is 3. The number of carbonyl (C=O) groups excluding carboxylic acids is 2. The minimum atomic E-state index is -4.00. The molecule has 0 fully saturated rings. The Balaban J connectivity index is 0.000000739. The van der Waals surface area contributed by atoms with Crippen LogP contribution in [-0.2, 0) is 22.4 Å². The Kier molecular flexibility index (Phi) is 10.3. The predicted molar refractivity (Wildman–Crippen MR) is 128 cm³/mol. The number of nitrogens with zero attached hydrogens (tertiary/aromatic N) is 1. The van der Waals surface area contributed by atoms with E-state index in [1.165, 1.54) is 11.1 Å². The van der Waals surface area contributed by atoms with Gasteiger partial charge < -0.3 is 16.0 Å². The lowest BCUT2D eigenvalue weighted by Crippen LogP contribution is -2.44. The number of alkyl halides is 3. The van der Waals surface area contributed by atoms with Crippen LogP contribution in [0.5, 0.6) is 0 Å². The van der Waals surface area contributed by atoms with Crippen LogP contribution in [0.15, 0.2) is 66.7 Å². The van der Waals surface area contributed by atoms with E-state index in [1.54, 1.807) is 17.1 Å². The molecule has 0 bridgehead atoms. The second-order valence-electron chi connectivity index (χ2n) is 8.16. The van der Waals surface area contributed by atoms with Gasteiger partial charge in [-0.05, 0) is 42.9 Å². The third-order valence-electron chi connectivity index (χ3n) is 5.32. The van der Waals surface area contributed by atoms with Gasteiger partial charge in [0.05, 0.1) is 6.04 Å². The van der Waals surface area contributed by atoms with E-state index in [2.05, 4.69) is 23.5 Å². The molecule has 0 saturated heterocycles. The molecule has 2 atom stereocenters. The molecular weight excluding hydrogens is 443 g/mol. The lowest BCUT2D eigenvalue weighted by molar-refractivity contribution is -0.123. The highest BCUT2D eigenvalue weighted by atomic mass is 19.4. The van der Waals surface area contributed by atoms with Gasteiger partial charge in [0, 0.05) is 31.3 Å². The quantitative estimate of drug-likeness (QED) is 0.550. The summed E-state index contributed by atoms with van der Waals surface area (Å²) in [5.74, 6) is -0.247. The maximum Gasteiger partial charge on any atom is 0.386 e. The van der Waals surface area contributed by atoms with Crippen LogP contribution in [0.4, 0.5) is 18.9 Å². The molecule has 3 N–H and O–H groups in total. The van der Waals surface area contributed by atoms with E-state index < -0.39 is 12.2 Å². The first-order valence-corrected chi connectivity index (χ1v) is 11.3. The molecule has 1 aliphatic rings. The summed E-state index contributed by atoms with van der Waals surface area (Å²) < 4.78 is 31.1. The van der Waals surface area contributed by atoms with Crippen molar-refractivity contribution >= 4 is 17.5 Å². The normalized spacial score (nSPS) is 14.7. The fraction of sp³-hybridized carbons (Fsp3) is 0.385. The zero-order valence-corrected chi connectivity index (χ0v) is 19.5. The number of nitrogens with two attached hydrogens (primary N) is 1. The number of aryl methyl sites for hydroxylation is 1. The number of para-hydroxylation sites is 1. The van der Waals surface area contributed by atoms with Gasteiger partial charge in [-0.3, -0.25) is 9.59 Å². The smallest absolute Gasteiger partial charge is 0.349 e. The third-order valence-corrected chi connectivity index (χ3v) is 5.32. The van der Waals surface area contributed by atoms with Crippen molar-refractivity contribution in [2.24, 2.45) is 5.73 Å². The molecule has 0 radical (unpaired) electrons. The Labute approximate surface area is 198 Å². The first-order valence-electron chi connectivity index (χ1n) is 11.3. The molecule has 8 heteroatoms. The van der Waals surface area contributed by atoms with Gasteiger partial charge in [-0.25, -0.2) is 0 Å². The summed E-state index contributed by atoms with van der Waals surface area (Å²) in [6.45, 7) is 2.75. The largest absolute Gasteiger partial charge is 0.386 e. The molecule has 0 aliphatic carbocycles. The van der Waals surface area contributed by atoms with Crippen LogP contribution in [0.25, 0.3) is 0 Å². The van der Waals surface area contributed by atoms with Crippen LogP contribution in [0.3, 0.4) is 0 Å². The van der Waals surface area contributed by atoms with E-state index in [1.807, 2.05) is 43.3 Å². The van der Waals surface area contributed by atoms with Crippen molar-refractivity contribution in [3.05, 3.63) is 77.9 Å². The van der Waals surface area contributed by atoms with Crippen molar-refractivity contribution in [1.82, 2.24) is 5.32 Å². The van der Waals surface area contributed by atoms with Crippen LogP contribution >= 0.6 is 0 Å². The van der Waals surface area contributed by atoms with Gasteiger partial charge in [0.1, 0.15) is 0 Å². The molecule has 0 unspecified atom stereocenters. The van der Waals surface area contributed by atoms with Crippen LogP contribution in [-0.4, -0.2) is 36.6 Å². The molecule has 0 saturated carbocycles. The van der Waals surface area contributed by atoms with Crippen LogP contribution in [0.1, 0.15) is 37.8 Å². The van der Waals surface area contributed by atoms with Gasteiger partial charge in [0.25, 0.3) is 5.91 Å². The standard InChI is InChI=1S/C24H29N3O2.C2H3F3/c1-2-21(25)24(29)26-20(13-12-18-8-4-3-5-9-18)14-15-23(28)27-17-16-19-10-6-7-11-22(19)27;1-2(3,4)5/h3-11,14-15,20-21H,2,12-13,16-17,25H2,1H3,(H,26,29);1H3/b15-14+;/t20-,21-;/m0./s1. The van der Waals surface area contributed by atoms with Gasteiger partial charge in [-0.2, -0.15) is 13.2 Å². The molecule has 2 amide bonds. The highest BCUT2D eigenvalue weighted by Gasteiger charge is 2.23. The first-order chi connectivity index (χ1) is 16.1. The molecular formula is C26H32F3N3O2. The Morgan fingerprint density at radius 2 is 1.74 bits per heavy atom. The SMILES string of the molecule is CC(F)(F)F.CC[C@H](N)C(=O)N[C@H](/C=C/C(=O)N1CCc2ccccc21)CCc1ccccc1. The fourth-order valence-corrected chi connectivity index (χ4v) is 3.51. The van der Waals surface area contributed by atoms with Crippen LogP contribution in [0, 0.1) is 0 Å². The maximum absolute atomic E-state index is 12.8. The number of hydrogen-bond donors (Lipinski definition) is 2. The first kappa shape index (κ1) is 27.1. The van der Waals surface area contributed by atoms with Gasteiger partial charge in [-0.15, -0.1) is 0 Å².